The second-order valence-corrected chi connectivity index (χ2v) is 5.33. The number of hydrogen-bond donors (Lipinski definition) is 1. The molecule has 0 aliphatic rings. The minimum absolute atomic E-state index is 0.110. The van der Waals surface area contributed by atoms with E-state index in [4.69, 9.17) is 5.73 Å². The molecule has 0 saturated heterocycles. The molecule has 0 aliphatic heterocycles. The van der Waals surface area contributed by atoms with E-state index in [1.165, 1.54) is 0 Å². The van der Waals surface area contributed by atoms with Crippen molar-refractivity contribution in [2.45, 2.75) is 19.3 Å². The quantitative estimate of drug-likeness (QED) is 0.670. The van der Waals surface area contributed by atoms with Crippen LogP contribution < -0.4 is 5.73 Å². The number of benzene rings is 2. The van der Waals surface area contributed by atoms with Crippen LogP contribution >= 0.6 is 15.9 Å². The summed E-state index contributed by atoms with van der Waals surface area (Å²) in [6.07, 6.45) is 0.777. The predicted molar refractivity (Wildman–Crippen MR) is 82.4 cm³/mol. The Morgan fingerprint density at radius 1 is 1.21 bits per heavy atom. The maximum atomic E-state index is 12.6. The van der Waals surface area contributed by atoms with Crippen LogP contribution in [0, 0.1) is 0 Å². The summed E-state index contributed by atoms with van der Waals surface area (Å²) in [4.78, 5) is 12.6. The first-order valence-corrected chi connectivity index (χ1v) is 7.07. The van der Waals surface area contributed by atoms with Gasteiger partial charge in [-0.2, -0.15) is 0 Å². The van der Waals surface area contributed by atoms with Crippen molar-refractivity contribution in [1.29, 1.82) is 0 Å². The number of halogens is 1. The van der Waals surface area contributed by atoms with Gasteiger partial charge >= 0.3 is 0 Å². The third-order valence-electron chi connectivity index (χ3n) is 3.19. The summed E-state index contributed by atoms with van der Waals surface area (Å²) < 4.78 is 0.756. The van der Waals surface area contributed by atoms with Crippen molar-refractivity contribution in [3.8, 4) is 0 Å². The van der Waals surface area contributed by atoms with E-state index in [-0.39, 0.29) is 11.7 Å². The second kappa shape index (κ2) is 6.02. The molecule has 3 heteroatoms. The molecular weight excluding hydrogens is 302 g/mol. The van der Waals surface area contributed by atoms with Gasteiger partial charge in [0.25, 0.3) is 0 Å². The molecule has 0 heterocycles. The molecule has 0 amide bonds. The zero-order valence-corrected chi connectivity index (χ0v) is 12.4. The van der Waals surface area contributed by atoms with Gasteiger partial charge < -0.3 is 5.73 Å². The SMILES string of the molecule is CCC(C(=O)c1ccc(N)cc1Br)c1ccccc1. The van der Waals surface area contributed by atoms with Crippen molar-refractivity contribution in [2.75, 3.05) is 5.73 Å². The largest absolute Gasteiger partial charge is 0.399 e. The Hall–Kier alpha value is -1.61. The first-order chi connectivity index (χ1) is 9.13. The molecule has 0 spiro atoms. The van der Waals surface area contributed by atoms with E-state index in [0.29, 0.717) is 11.3 Å². The average molecular weight is 318 g/mol. The van der Waals surface area contributed by atoms with Gasteiger partial charge in [0.05, 0.1) is 0 Å². The zero-order chi connectivity index (χ0) is 13.8. The smallest absolute Gasteiger partial charge is 0.171 e. The Morgan fingerprint density at radius 2 is 1.89 bits per heavy atom. The van der Waals surface area contributed by atoms with Gasteiger partial charge in [-0.3, -0.25) is 4.79 Å². The number of hydrogen-bond acceptors (Lipinski definition) is 2. The number of anilines is 1. The summed E-state index contributed by atoms with van der Waals surface area (Å²) in [5.74, 6) is 0.0155. The van der Waals surface area contributed by atoms with E-state index in [1.807, 2.05) is 37.3 Å². The maximum absolute atomic E-state index is 12.6. The Balaban J connectivity index is 2.36. The monoisotopic (exact) mass is 317 g/mol. The van der Waals surface area contributed by atoms with E-state index >= 15 is 0 Å². The van der Waals surface area contributed by atoms with Gasteiger partial charge in [0.2, 0.25) is 0 Å². The van der Waals surface area contributed by atoms with Crippen molar-refractivity contribution < 1.29 is 4.79 Å². The number of Topliss-reactive ketones (excluding diaryl/α,β-unsaturated/α-hetero) is 1. The average Bonchev–Trinajstić information content (AvgIpc) is 2.40. The molecule has 0 aliphatic carbocycles. The molecule has 1 unspecified atom stereocenters. The molecule has 0 radical (unpaired) electrons. The van der Waals surface area contributed by atoms with Gasteiger partial charge in [-0.05, 0) is 46.1 Å². The van der Waals surface area contributed by atoms with Gasteiger partial charge in [-0.15, -0.1) is 0 Å². The fourth-order valence-electron chi connectivity index (χ4n) is 2.18. The summed E-state index contributed by atoms with van der Waals surface area (Å²) in [5, 5.41) is 0. The van der Waals surface area contributed by atoms with Gasteiger partial charge in [0.15, 0.2) is 5.78 Å². The first kappa shape index (κ1) is 13.8. The van der Waals surface area contributed by atoms with E-state index in [9.17, 15) is 4.79 Å². The van der Waals surface area contributed by atoms with Crippen molar-refractivity contribution >= 4 is 27.4 Å². The minimum atomic E-state index is -0.110. The molecule has 19 heavy (non-hydrogen) atoms. The van der Waals surface area contributed by atoms with Crippen LogP contribution in [0.5, 0.6) is 0 Å². The minimum Gasteiger partial charge on any atom is -0.399 e. The van der Waals surface area contributed by atoms with Gasteiger partial charge in [0, 0.05) is 21.6 Å². The summed E-state index contributed by atoms with van der Waals surface area (Å²) in [5.41, 5.74) is 8.09. The molecule has 2 nitrogen and oxygen atoms in total. The molecule has 0 aromatic heterocycles. The molecule has 1 atom stereocenters. The predicted octanol–water partition coefficient (Wildman–Crippen LogP) is 4.41. The van der Waals surface area contributed by atoms with Crippen LogP contribution in [0.1, 0.15) is 35.2 Å². The van der Waals surface area contributed by atoms with Crippen LogP contribution in [-0.2, 0) is 0 Å². The van der Waals surface area contributed by atoms with Gasteiger partial charge in [-0.25, -0.2) is 0 Å². The van der Waals surface area contributed by atoms with Crippen LogP contribution in [0.15, 0.2) is 53.0 Å². The molecule has 2 N–H and O–H groups in total. The number of carbonyl (C=O) groups is 1. The van der Waals surface area contributed by atoms with Crippen LogP contribution in [-0.4, -0.2) is 5.78 Å². The van der Waals surface area contributed by atoms with Crippen LogP contribution in [0.2, 0.25) is 0 Å². The van der Waals surface area contributed by atoms with Crippen molar-refractivity contribution in [3.05, 3.63) is 64.1 Å². The summed E-state index contributed by atoms with van der Waals surface area (Å²) in [7, 11) is 0. The summed E-state index contributed by atoms with van der Waals surface area (Å²) in [6.45, 7) is 2.03. The molecule has 2 aromatic carbocycles. The summed E-state index contributed by atoms with van der Waals surface area (Å²) >= 11 is 3.42. The highest BCUT2D eigenvalue weighted by atomic mass is 79.9. The second-order valence-electron chi connectivity index (χ2n) is 4.48. The van der Waals surface area contributed by atoms with E-state index in [1.54, 1.807) is 18.2 Å². The molecule has 0 saturated carbocycles. The van der Waals surface area contributed by atoms with Crippen molar-refractivity contribution in [3.63, 3.8) is 0 Å². The number of nitrogens with two attached hydrogens (primary N) is 1. The third-order valence-corrected chi connectivity index (χ3v) is 3.84. The molecule has 0 fully saturated rings. The molecule has 0 bridgehead atoms. The normalized spacial score (nSPS) is 12.1. The Labute approximate surface area is 121 Å². The lowest BCUT2D eigenvalue weighted by Crippen LogP contribution is -2.13. The lowest BCUT2D eigenvalue weighted by Gasteiger charge is -2.15. The standard InChI is InChI=1S/C16H16BrNO/c1-2-13(11-6-4-3-5-7-11)16(19)14-9-8-12(18)10-15(14)17/h3-10,13H,2,18H2,1H3. The number of rotatable bonds is 4. The molecule has 2 rings (SSSR count). The fraction of sp³-hybridized carbons (Fsp3) is 0.188. The fourth-order valence-corrected chi connectivity index (χ4v) is 2.77. The highest BCUT2D eigenvalue weighted by Crippen LogP contribution is 2.28. The Bertz CT molecular complexity index is 581. The lowest BCUT2D eigenvalue weighted by atomic mass is 9.88. The van der Waals surface area contributed by atoms with E-state index < -0.39 is 0 Å². The Kier molecular flexibility index (Phi) is 4.38. The molecular formula is C16H16BrNO. The lowest BCUT2D eigenvalue weighted by molar-refractivity contribution is 0.0956. The molecule has 98 valence electrons. The topological polar surface area (TPSA) is 43.1 Å². The molecule has 2 aromatic rings. The number of carbonyl (C=O) groups excluding carboxylic acids is 1. The third kappa shape index (κ3) is 3.04. The van der Waals surface area contributed by atoms with Crippen LogP contribution in [0.4, 0.5) is 5.69 Å². The number of nitrogen functional groups attached to an aromatic ring is 1. The van der Waals surface area contributed by atoms with Gasteiger partial charge in [-0.1, -0.05) is 37.3 Å². The van der Waals surface area contributed by atoms with Crippen LogP contribution in [0.25, 0.3) is 0 Å². The van der Waals surface area contributed by atoms with Crippen molar-refractivity contribution in [2.24, 2.45) is 0 Å². The maximum Gasteiger partial charge on any atom is 0.171 e. The van der Waals surface area contributed by atoms with Crippen molar-refractivity contribution in [1.82, 2.24) is 0 Å². The van der Waals surface area contributed by atoms with Crippen LogP contribution in [0.3, 0.4) is 0 Å². The van der Waals surface area contributed by atoms with E-state index in [2.05, 4.69) is 15.9 Å². The number of ketones is 1. The highest BCUT2D eigenvalue weighted by Gasteiger charge is 2.21. The Morgan fingerprint density at radius 3 is 2.47 bits per heavy atom. The zero-order valence-electron chi connectivity index (χ0n) is 10.8. The highest BCUT2D eigenvalue weighted by molar-refractivity contribution is 9.10. The van der Waals surface area contributed by atoms with Gasteiger partial charge in [0.1, 0.15) is 0 Å². The van der Waals surface area contributed by atoms with E-state index in [0.717, 1.165) is 16.5 Å². The first-order valence-electron chi connectivity index (χ1n) is 6.27. The summed E-state index contributed by atoms with van der Waals surface area (Å²) in [6, 6.07) is 15.2.